The smallest absolute Gasteiger partial charge is 0.243 e. The van der Waals surface area contributed by atoms with Crippen LogP contribution in [0, 0.1) is 0 Å². The minimum absolute atomic E-state index is 0.127. The molecule has 3 heterocycles. The Bertz CT molecular complexity index is 589. The van der Waals surface area contributed by atoms with Crippen molar-refractivity contribution in [1.82, 2.24) is 24.6 Å². The van der Waals surface area contributed by atoms with Gasteiger partial charge in [0.2, 0.25) is 5.91 Å². The van der Waals surface area contributed by atoms with Crippen LogP contribution in [0.15, 0.2) is 24.7 Å². The highest BCUT2D eigenvalue weighted by molar-refractivity contribution is 5.76. The second-order valence-electron chi connectivity index (χ2n) is 5.44. The van der Waals surface area contributed by atoms with Crippen LogP contribution in [-0.4, -0.2) is 37.1 Å². The molecular weight excluding hydrogens is 266 g/mol. The van der Waals surface area contributed by atoms with E-state index < -0.39 is 0 Å². The molecule has 0 bridgehead atoms. The van der Waals surface area contributed by atoms with Gasteiger partial charge in [0.05, 0.1) is 11.7 Å². The number of carbonyl (C=O) groups is 1. The average molecular weight is 287 g/mol. The van der Waals surface area contributed by atoms with Gasteiger partial charge in [0.15, 0.2) is 0 Å². The molecule has 0 spiro atoms. The van der Waals surface area contributed by atoms with Gasteiger partial charge in [-0.2, -0.15) is 5.10 Å². The molecule has 3 rings (SSSR count). The molecule has 1 fully saturated rings. The minimum atomic E-state index is 0.127. The fourth-order valence-electron chi connectivity index (χ4n) is 3.04. The average Bonchev–Trinajstić information content (AvgIpc) is 3.18. The molecule has 2 aromatic rings. The Morgan fingerprint density at radius 1 is 1.43 bits per heavy atom. The van der Waals surface area contributed by atoms with Crippen LogP contribution in [0.1, 0.15) is 43.7 Å². The van der Waals surface area contributed by atoms with E-state index in [0.29, 0.717) is 6.54 Å². The lowest BCUT2D eigenvalue weighted by molar-refractivity contribution is -0.135. The number of nitrogens with one attached hydrogen (secondary N) is 1. The lowest BCUT2D eigenvalue weighted by Gasteiger charge is -2.35. The van der Waals surface area contributed by atoms with Gasteiger partial charge in [0, 0.05) is 31.6 Å². The molecule has 1 aliphatic rings. The third-order valence-corrected chi connectivity index (χ3v) is 4.13. The summed E-state index contributed by atoms with van der Waals surface area (Å²) in [6.07, 6.45) is 9.45. The predicted octanol–water partition coefficient (Wildman–Crippen LogP) is 1.92. The molecule has 0 aliphatic carbocycles. The van der Waals surface area contributed by atoms with E-state index in [4.69, 9.17) is 0 Å². The van der Waals surface area contributed by atoms with E-state index in [0.717, 1.165) is 43.7 Å². The molecule has 112 valence electrons. The Morgan fingerprint density at radius 2 is 2.33 bits per heavy atom. The maximum atomic E-state index is 12.7. The number of carbonyl (C=O) groups excluding carboxylic acids is 1. The lowest BCUT2D eigenvalue weighted by Crippen LogP contribution is -2.40. The summed E-state index contributed by atoms with van der Waals surface area (Å²) in [6.45, 7) is 3.24. The molecule has 0 radical (unpaired) electrons. The number of hydrogen-bond acceptors (Lipinski definition) is 3. The van der Waals surface area contributed by atoms with Crippen molar-refractivity contribution in [3.63, 3.8) is 0 Å². The van der Waals surface area contributed by atoms with Gasteiger partial charge >= 0.3 is 0 Å². The zero-order chi connectivity index (χ0) is 14.7. The predicted molar refractivity (Wildman–Crippen MR) is 78.5 cm³/mol. The van der Waals surface area contributed by atoms with E-state index in [-0.39, 0.29) is 11.9 Å². The number of piperidine rings is 1. The number of rotatable bonds is 4. The van der Waals surface area contributed by atoms with Gasteiger partial charge in [-0.15, -0.1) is 0 Å². The Kier molecular flexibility index (Phi) is 4.03. The first kappa shape index (κ1) is 13.9. The summed E-state index contributed by atoms with van der Waals surface area (Å²) < 4.78 is 1.95. The minimum Gasteiger partial charge on any atom is -0.333 e. The van der Waals surface area contributed by atoms with Gasteiger partial charge in [-0.05, 0) is 25.3 Å². The van der Waals surface area contributed by atoms with Crippen LogP contribution in [0.25, 0.3) is 0 Å². The van der Waals surface area contributed by atoms with E-state index in [9.17, 15) is 4.79 Å². The first-order chi connectivity index (χ1) is 10.3. The standard InChI is InChI=1S/C15H21N5O/c1-2-14-16-8-10-19(14)11-15(21)20-9-4-3-5-13(20)12-6-7-17-18-12/h6-8,10,13H,2-5,9,11H2,1H3,(H,17,18)/t13-/m0/s1. The van der Waals surface area contributed by atoms with Crippen molar-refractivity contribution in [2.24, 2.45) is 0 Å². The number of nitrogens with zero attached hydrogens (tertiary/aromatic N) is 4. The molecule has 2 aromatic heterocycles. The monoisotopic (exact) mass is 287 g/mol. The third-order valence-electron chi connectivity index (χ3n) is 4.13. The molecule has 1 saturated heterocycles. The summed E-state index contributed by atoms with van der Waals surface area (Å²) in [4.78, 5) is 18.9. The SMILES string of the molecule is CCc1nccn1CC(=O)N1CCCC[C@H]1c1ccn[nH]1. The van der Waals surface area contributed by atoms with Gasteiger partial charge in [-0.3, -0.25) is 9.89 Å². The topological polar surface area (TPSA) is 66.8 Å². The molecule has 0 saturated carbocycles. The number of likely N-dealkylation sites (tertiary alicyclic amines) is 1. The largest absolute Gasteiger partial charge is 0.333 e. The molecule has 0 unspecified atom stereocenters. The number of hydrogen-bond donors (Lipinski definition) is 1. The zero-order valence-corrected chi connectivity index (χ0v) is 12.3. The van der Waals surface area contributed by atoms with Crippen LogP contribution in [-0.2, 0) is 17.8 Å². The summed E-state index contributed by atoms with van der Waals surface area (Å²) in [5, 5.41) is 7.03. The summed E-state index contributed by atoms with van der Waals surface area (Å²) >= 11 is 0. The number of aryl methyl sites for hydroxylation is 1. The van der Waals surface area contributed by atoms with Gasteiger partial charge in [0.25, 0.3) is 0 Å². The van der Waals surface area contributed by atoms with Crippen LogP contribution in [0.5, 0.6) is 0 Å². The highest BCUT2D eigenvalue weighted by atomic mass is 16.2. The molecule has 21 heavy (non-hydrogen) atoms. The van der Waals surface area contributed by atoms with Crippen molar-refractivity contribution >= 4 is 5.91 Å². The van der Waals surface area contributed by atoms with Crippen molar-refractivity contribution in [3.8, 4) is 0 Å². The summed E-state index contributed by atoms with van der Waals surface area (Å²) in [5.74, 6) is 1.11. The molecule has 0 aromatic carbocycles. The number of aromatic amines is 1. The Labute approximate surface area is 124 Å². The summed E-state index contributed by atoms with van der Waals surface area (Å²) in [7, 11) is 0. The lowest BCUT2D eigenvalue weighted by atomic mass is 9.99. The maximum Gasteiger partial charge on any atom is 0.243 e. The van der Waals surface area contributed by atoms with E-state index in [1.165, 1.54) is 0 Å². The molecule has 1 atom stereocenters. The number of aromatic nitrogens is 4. The van der Waals surface area contributed by atoms with Crippen molar-refractivity contribution in [2.75, 3.05) is 6.54 Å². The fraction of sp³-hybridized carbons (Fsp3) is 0.533. The quantitative estimate of drug-likeness (QED) is 0.934. The Hall–Kier alpha value is -2.11. The van der Waals surface area contributed by atoms with Crippen LogP contribution in [0.4, 0.5) is 0 Å². The third kappa shape index (κ3) is 2.84. The van der Waals surface area contributed by atoms with Gasteiger partial charge in [0.1, 0.15) is 12.4 Å². The molecule has 6 nitrogen and oxygen atoms in total. The van der Waals surface area contributed by atoms with Crippen LogP contribution < -0.4 is 0 Å². The number of imidazole rings is 1. The first-order valence-corrected chi connectivity index (χ1v) is 7.58. The molecule has 1 aliphatic heterocycles. The Balaban J connectivity index is 1.75. The van der Waals surface area contributed by atoms with Gasteiger partial charge in [-0.1, -0.05) is 6.92 Å². The van der Waals surface area contributed by atoms with E-state index in [1.807, 2.05) is 21.7 Å². The maximum absolute atomic E-state index is 12.7. The van der Waals surface area contributed by atoms with E-state index in [2.05, 4.69) is 22.1 Å². The van der Waals surface area contributed by atoms with Crippen LogP contribution in [0.2, 0.25) is 0 Å². The molecule has 6 heteroatoms. The summed E-state index contributed by atoms with van der Waals surface area (Å²) in [5.41, 5.74) is 1.03. The second-order valence-corrected chi connectivity index (χ2v) is 5.44. The molecule has 1 N–H and O–H groups in total. The van der Waals surface area contributed by atoms with Crippen molar-refractivity contribution in [1.29, 1.82) is 0 Å². The van der Waals surface area contributed by atoms with Crippen molar-refractivity contribution < 1.29 is 4.79 Å². The highest BCUT2D eigenvalue weighted by Gasteiger charge is 2.28. The Morgan fingerprint density at radius 3 is 3.10 bits per heavy atom. The molecular formula is C15H21N5O. The van der Waals surface area contributed by atoms with E-state index >= 15 is 0 Å². The van der Waals surface area contributed by atoms with Crippen LogP contribution >= 0.6 is 0 Å². The van der Waals surface area contributed by atoms with Crippen LogP contribution in [0.3, 0.4) is 0 Å². The van der Waals surface area contributed by atoms with Gasteiger partial charge < -0.3 is 9.47 Å². The normalized spacial score (nSPS) is 18.9. The molecule has 1 amide bonds. The highest BCUT2D eigenvalue weighted by Crippen LogP contribution is 2.29. The summed E-state index contributed by atoms with van der Waals surface area (Å²) in [6, 6.07) is 2.09. The number of amides is 1. The van der Waals surface area contributed by atoms with E-state index in [1.54, 1.807) is 12.4 Å². The first-order valence-electron chi connectivity index (χ1n) is 7.58. The second kappa shape index (κ2) is 6.11. The van der Waals surface area contributed by atoms with Crippen molar-refractivity contribution in [2.45, 2.75) is 45.2 Å². The van der Waals surface area contributed by atoms with Gasteiger partial charge in [-0.25, -0.2) is 4.98 Å². The zero-order valence-electron chi connectivity index (χ0n) is 12.3. The number of H-pyrrole nitrogens is 1. The van der Waals surface area contributed by atoms with Crippen molar-refractivity contribution in [3.05, 3.63) is 36.2 Å². The fourth-order valence-corrected chi connectivity index (χ4v) is 3.04.